The Labute approximate surface area is 257 Å². The van der Waals surface area contributed by atoms with Crippen molar-refractivity contribution < 1.29 is 27.9 Å². The van der Waals surface area contributed by atoms with Crippen LogP contribution in [0.25, 0.3) is 33.4 Å². The number of hydrogen-bond donors (Lipinski definition) is 4. The first kappa shape index (κ1) is 30.6. The number of amides is 2. The van der Waals surface area contributed by atoms with Crippen molar-refractivity contribution in [2.24, 2.45) is 0 Å². The first-order chi connectivity index (χ1) is 21.1. The fourth-order valence-electron chi connectivity index (χ4n) is 4.96. The predicted molar refractivity (Wildman–Crippen MR) is 170 cm³/mol. The number of hydrogen-bond acceptors (Lipinski definition) is 7. The number of carbonyl (C=O) groups is 2. The maximum atomic E-state index is 13.7. The highest BCUT2D eigenvalue weighted by Crippen LogP contribution is 2.42. The predicted octanol–water partition coefficient (Wildman–Crippen LogP) is 6.16. The maximum Gasteiger partial charge on any atom is 0.255 e. The first-order valence-electron chi connectivity index (χ1n) is 13.6. The van der Waals surface area contributed by atoms with Gasteiger partial charge in [-0.25, -0.2) is 8.78 Å². The summed E-state index contributed by atoms with van der Waals surface area (Å²) in [7, 11) is 3.39. The summed E-state index contributed by atoms with van der Waals surface area (Å²) in [4.78, 5) is 26.6. The number of anilines is 2. The monoisotopic (exact) mass is 616 g/mol. The van der Waals surface area contributed by atoms with Crippen LogP contribution >= 0.6 is 11.9 Å². The lowest BCUT2D eigenvalue weighted by molar-refractivity contribution is 0.0916. The van der Waals surface area contributed by atoms with E-state index < -0.39 is 30.2 Å². The fraction of sp³-hybridized carbons (Fsp3) is 0.152. The van der Waals surface area contributed by atoms with E-state index in [1.807, 2.05) is 29.7 Å². The molecule has 5 aromatic rings. The van der Waals surface area contributed by atoms with Crippen molar-refractivity contribution in [2.45, 2.75) is 6.04 Å². The van der Waals surface area contributed by atoms with E-state index in [2.05, 4.69) is 10.6 Å². The second-order valence-corrected chi connectivity index (χ2v) is 10.9. The number of nitrogens with zero attached hydrogens (tertiary/aromatic N) is 1. The average molecular weight is 617 g/mol. The third-order valence-corrected chi connectivity index (χ3v) is 8.09. The van der Waals surface area contributed by atoms with Crippen molar-refractivity contribution in [3.63, 3.8) is 0 Å². The molecule has 1 aromatic heterocycles. The zero-order valence-corrected chi connectivity index (χ0v) is 25.0. The minimum Gasteiger partial charge on any atom is -0.455 e. The Balaban J connectivity index is 1.63. The highest BCUT2D eigenvalue weighted by molar-refractivity contribution is 7.99. The van der Waals surface area contributed by atoms with Crippen molar-refractivity contribution in [2.75, 3.05) is 37.0 Å². The third kappa shape index (κ3) is 5.97. The minimum atomic E-state index is -0.786. The number of nitrogens with one attached hydrogen (secondary N) is 2. The van der Waals surface area contributed by atoms with Gasteiger partial charge in [0, 0.05) is 48.6 Å². The van der Waals surface area contributed by atoms with Gasteiger partial charge in [-0.15, -0.1) is 0 Å². The Bertz CT molecular complexity index is 1840. The lowest BCUT2D eigenvalue weighted by Crippen LogP contribution is -2.31. The molecule has 0 unspecified atom stereocenters. The summed E-state index contributed by atoms with van der Waals surface area (Å²) in [5.74, 6) is -1.46. The van der Waals surface area contributed by atoms with Crippen LogP contribution in [-0.2, 0) is 0 Å². The molecule has 44 heavy (non-hydrogen) atoms. The largest absolute Gasteiger partial charge is 0.455 e. The molecule has 226 valence electrons. The molecule has 0 bridgehead atoms. The van der Waals surface area contributed by atoms with Crippen LogP contribution in [0.4, 0.5) is 20.2 Å². The van der Waals surface area contributed by atoms with E-state index in [1.165, 1.54) is 55.4 Å². The Morgan fingerprint density at radius 2 is 1.59 bits per heavy atom. The summed E-state index contributed by atoms with van der Waals surface area (Å²) in [6.45, 7) is -0.407. The highest BCUT2D eigenvalue weighted by Gasteiger charge is 2.25. The van der Waals surface area contributed by atoms with E-state index in [9.17, 15) is 23.5 Å². The summed E-state index contributed by atoms with van der Waals surface area (Å²) >= 11 is 1.45. The molecule has 0 saturated heterocycles. The molecule has 8 nitrogen and oxygen atoms in total. The van der Waals surface area contributed by atoms with Crippen LogP contribution in [0.15, 0.2) is 83.3 Å². The van der Waals surface area contributed by atoms with E-state index in [0.29, 0.717) is 39.0 Å². The minimum absolute atomic E-state index is 0.173. The van der Waals surface area contributed by atoms with Crippen LogP contribution in [0.5, 0.6) is 0 Å². The van der Waals surface area contributed by atoms with Crippen molar-refractivity contribution >= 4 is 46.1 Å². The van der Waals surface area contributed by atoms with Gasteiger partial charge in [-0.3, -0.25) is 9.59 Å². The molecule has 11 heteroatoms. The Morgan fingerprint density at radius 1 is 0.955 bits per heavy atom. The smallest absolute Gasteiger partial charge is 0.255 e. The number of aliphatic hydroxyl groups excluding tert-OH is 1. The van der Waals surface area contributed by atoms with Crippen LogP contribution in [0.3, 0.4) is 0 Å². The molecule has 0 aliphatic heterocycles. The number of furan rings is 1. The molecule has 0 fully saturated rings. The van der Waals surface area contributed by atoms with Crippen LogP contribution in [0.2, 0.25) is 0 Å². The fourth-order valence-corrected chi connectivity index (χ4v) is 5.31. The average Bonchev–Trinajstić information content (AvgIpc) is 3.41. The lowest BCUT2D eigenvalue weighted by Gasteiger charge is -2.21. The van der Waals surface area contributed by atoms with Crippen molar-refractivity contribution in [1.29, 1.82) is 0 Å². The number of rotatable bonds is 9. The van der Waals surface area contributed by atoms with Gasteiger partial charge in [-0.05, 0) is 65.7 Å². The molecule has 0 aliphatic carbocycles. The van der Waals surface area contributed by atoms with E-state index in [-0.39, 0.29) is 22.7 Å². The molecular weight excluding hydrogens is 586 g/mol. The molecule has 1 heterocycles. The summed E-state index contributed by atoms with van der Waals surface area (Å²) < 4.78 is 35.2. The molecule has 4 aromatic carbocycles. The SMILES string of the molecule is CNC(=O)c1c(-c2ccc(F)cc2)oc2cc(N(C)SC)c(-c3ccc(N)c(C(=O)N[C@H](CO)c4ccc(F)cc4)c3)cc12. The summed E-state index contributed by atoms with van der Waals surface area (Å²) in [6.07, 6.45) is 1.91. The zero-order chi connectivity index (χ0) is 31.5. The second-order valence-electron chi connectivity index (χ2n) is 10.00. The summed E-state index contributed by atoms with van der Waals surface area (Å²) in [6, 6.07) is 19.1. The van der Waals surface area contributed by atoms with Gasteiger partial charge in [0.05, 0.1) is 29.5 Å². The summed E-state index contributed by atoms with van der Waals surface area (Å²) in [5, 5.41) is 15.9. The van der Waals surface area contributed by atoms with Gasteiger partial charge >= 0.3 is 0 Å². The second kappa shape index (κ2) is 12.8. The van der Waals surface area contributed by atoms with Crippen LogP contribution in [-0.4, -0.2) is 43.9 Å². The standard InChI is InChI=1S/C33H30F2N4O4S/c1-37-33(42)30-25-15-23(28(39(2)44-3)16-29(25)43-31(30)19-6-11-22(35)12-7-19)20-8-13-26(36)24(14-20)32(41)38-27(17-40)18-4-9-21(34)10-5-18/h4-16,27,40H,17,36H2,1-3H3,(H,37,42)(H,38,41)/t27-/m1/s1. The number of benzene rings is 4. The normalized spacial score (nSPS) is 11.8. The van der Waals surface area contributed by atoms with Gasteiger partial charge in [0.1, 0.15) is 23.0 Å². The first-order valence-corrected chi connectivity index (χ1v) is 14.8. The van der Waals surface area contributed by atoms with Gasteiger partial charge in [0.2, 0.25) is 0 Å². The number of nitrogen functional groups attached to an aromatic ring is 1. The molecule has 0 saturated carbocycles. The van der Waals surface area contributed by atoms with Gasteiger partial charge in [-0.1, -0.05) is 30.1 Å². The molecule has 0 radical (unpaired) electrons. The molecule has 5 N–H and O–H groups in total. The van der Waals surface area contributed by atoms with E-state index >= 15 is 0 Å². The van der Waals surface area contributed by atoms with Crippen molar-refractivity contribution in [1.82, 2.24) is 10.6 Å². The molecule has 0 spiro atoms. The Hall–Kier alpha value is -4.87. The van der Waals surface area contributed by atoms with Crippen LogP contribution in [0, 0.1) is 11.6 Å². The highest BCUT2D eigenvalue weighted by atomic mass is 32.2. The van der Waals surface area contributed by atoms with E-state index in [1.54, 1.807) is 30.3 Å². The van der Waals surface area contributed by atoms with Crippen LogP contribution in [0.1, 0.15) is 32.3 Å². The third-order valence-electron chi connectivity index (χ3n) is 7.35. The van der Waals surface area contributed by atoms with E-state index in [0.717, 1.165) is 5.69 Å². The number of carbonyl (C=O) groups excluding carboxylic acids is 2. The van der Waals surface area contributed by atoms with Crippen molar-refractivity contribution in [3.8, 4) is 22.5 Å². The topological polar surface area (TPSA) is 121 Å². The maximum absolute atomic E-state index is 13.7. The Kier molecular flexibility index (Phi) is 8.88. The molecule has 1 atom stereocenters. The van der Waals surface area contributed by atoms with Gasteiger partial charge in [0.25, 0.3) is 11.8 Å². The van der Waals surface area contributed by atoms with Crippen LogP contribution < -0.4 is 20.7 Å². The number of halogens is 2. The molecule has 2 amide bonds. The number of nitrogens with two attached hydrogens (primary N) is 1. The van der Waals surface area contributed by atoms with Crippen molar-refractivity contribution in [3.05, 3.63) is 107 Å². The molecule has 0 aliphatic rings. The number of fused-ring (bicyclic) bond motifs is 1. The quantitative estimate of drug-likeness (QED) is 0.116. The van der Waals surface area contributed by atoms with Gasteiger partial charge in [0.15, 0.2) is 0 Å². The molecule has 5 rings (SSSR count). The molecular formula is C33H30F2N4O4S. The number of aliphatic hydroxyl groups is 1. The lowest BCUT2D eigenvalue weighted by atomic mass is 9.96. The zero-order valence-electron chi connectivity index (χ0n) is 24.2. The summed E-state index contributed by atoms with van der Waals surface area (Å²) in [5.41, 5.74) is 10.5. The van der Waals surface area contributed by atoms with Gasteiger partial charge in [-0.2, -0.15) is 0 Å². The van der Waals surface area contributed by atoms with Gasteiger partial charge < -0.3 is 30.2 Å². The van der Waals surface area contributed by atoms with E-state index in [4.69, 9.17) is 10.2 Å². The Morgan fingerprint density at radius 3 is 2.20 bits per heavy atom.